The molecule has 0 spiro atoms. The zero-order chi connectivity index (χ0) is 50.8. The van der Waals surface area contributed by atoms with Crippen LogP contribution in [0.15, 0.2) is 97.1 Å². The number of likely N-dealkylation sites (tertiary alicyclic amines) is 1. The number of hydrogen-bond donors (Lipinski definition) is 1. The van der Waals surface area contributed by atoms with Crippen molar-refractivity contribution in [3.8, 4) is 29.1 Å². The Morgan fingerprint density at radius 3 is 1.47 bits per heavy atom. The lowest BCUT2D eigenvalue weighted by Gasteiger charge is -2.43. The summed E-state index contributed by atoms with van der Waals surface area (Å²) in [5.41, 5.74) is 1.54. The van der Waals surface area contributed by atoms with Gasteiger partial charge in [-0.25, -0.2) is 0 Å². The first-order valence-corrected chi connectivity index (χ1v) is 25.1. The Labute approximate surface area is 424 Å². The molecule has 0 bridgehead atoms. The number of ketones is 2. The number of carbonyl (C=O) groups is 2. The third kappa shape index (κ3) is 17.4. The van der Waals surface area contributed by atoms with Crippen LogP contribution in [-0.4, -0.2) is 80.5 Å². The van der Waals surface area contributed by atoms with Gasteiger partial charge in [0.1, 0.15) is 23.0 Å². The summed E-state index contributed by atoms with van der Waals surface area (Å²) in [7, 11) is 0. The summed E-state index contributed by atoms with van der Waals surface area (Å²) in [6.45, 7) is 6.48. The van der Waals surface area contributed by atoms with Gasteiger partial charge in [0, 0.05) is 41.9 Å². The third-order valence-electron chi connectivity index (χ3n) is 12.9. The Kier molecular flexibility index (Phi) is 21.6. The lowest BCUT2D eigenvalue weighted by molar-refractivity contribution is -0.275. The van der Waals surface area contributed by atoms with Crippen LogP contribution in [0.25, 0.3) is 0 Å². The van der Waals surface area contributed by atoms with Crippen LogP contribution in [0.3, 0.4) is 0 Å². The lowest BCUT2D eigenvalue weighted by atomic mass is 9.62. The molecular weight excluding hydrogens is 1030 g/mol. The van der Waals surface area contributed by atoms with Gasteiger partial charge in [0.15, 0.2) is 11.6 Å². The van der Waals surface area contributed by atoms with Crippen molar-refractivity contribution in [3.05, 3.63) is 118 Å². The molecule has 0 radical (unpaired) electrons. The highest BCUT2D eigenvalue weighted by atomic mass is 79.9. The summed E-state index contributed by atoms with van der Waals surface area (Å²) in [6.07, 6.45) is 0.735. The van der Waals surface area contributed by atoms with E-state index in [0.717, 1.165) is 107 Å². The van der Waals surface area contributed by atoms with Crippen molar-refractivity contribution in [1.82, 2.24) is 10.2 Å². The normalized spacial score (nSPS) is 19.2. The Morgan fingerprint density at radius 1 is 0.671 bits per heavy atom. The average molecular weight is 1090 g/mol. The molecule has 1 N–H and O–H groups in total. The van der Waals surface area contributed by atoms with Crippen LogP contribution in [0.1, 0.15) is 82.3 Å². The number of rotatable bonds is 15. The van der Waals surface area contributed by atoms with E-state index in [4.69, 9.17) is 37.9 Å². The third-order valence-corrected chi connectivity index (χ3v) is 13.9. The van der Waals surface area contributed by atoms with Crippen LogP contribution in [0.4, 0.5) is 26.3 Å². The maximum absolute atomic E-state index is 13.3. The molecular formula is C52H58BrCl2F6N3O6. The first-order valence-electron chi connectivity index (χ1n) is 23.2. The van der Waals surface area contributed by atoms with E-state index in [1.165, 1.54) is 55.5 Å². The fourth-order valence-electron chi connectivity index (χ4n) is 8.94. The molecule has 4 aromatic carbocycles. The molecule has 2 atom stereocenters. The monoisotopic (exact) mass is 1080 g/mol. The molecule has 2 heterocycles. The van der Waals surface area contributed by atoms with Crippen LogP contribution in [0.5, 0.6) is 23.0 Å². The maximum Gasteiger partial charge on any atom is 0.573 e. The van der Waals surface area contributed by atoms with E-state index < -0.39 is 18.1 Å². The molecule has 4 aromatic rings. The van der Waals surface area contributed by atoms with Crippen molar-refractivity contribution in [2.24, 2.45) is 11.8 Å². The number of ether oxygens (including phenoxy) is 4. The van der Waals surface area contributed by atoms with Gasteiger partial charge in [-0.1, -0.05) is 76.2 Å². The zero-order valence-corrected chi connectivity index (χ0v) is 42.0. The van der Waals surface area contributed by atoms with Crippen molar-refractivity contribution in [2.75, 3.05) is 51.3 Å². The fourth-order valence-corrected chi connectivity index (χ4v) is 9.73. The molecule has 9 nitrogen and oxygen atoms in total. The van der Waals surface area contributed by atoms with Gasteiger partial charge in [0.2, 0.25) is 0 Å². The SMILES string of the molecule is CC#N.FC(F)(F)Oc1ccc(OCC2CCCNC2)cc1.O=C(CBr)C1(c2ccc(Cl)cc2)CCC1.O=C(CN1CCCC(COc2ccc(OC(F)(F)F)cc2)C1)C1(c2ccc(Cl)cc2)CCC1. The van der Waals surface area contributed by atoms with Gasteiger partial charge < -0.3 is 24.3 Å². The van der Waals surface area contributed by atoms with E-state index in [2.05, 4.69) is 35.6 Å². The Morgan fingerprint density at radius 2 is 1.09 bits per heavy atom. The minimum atomic E-state index is -4.71. The topological polar surface area (TPSA) is 110 Å². The van der Waals surface area contributed by atoms with E-state index >= 15 is 0 Å². The highest BCUT2D eigenvalue weighted by Crippen LogP contribution is 2.46. The molecule has 4 aliphatic rings. The number of nitrogens with one attached hydrogen (secondary N) is 1. The van der Waals surface area contributed by atoms with Gasteiger partial charge in [-0.05, 0) is 148 Å². The van der Waals surface area contributed by atoms with Crippen LogP contribution in [0.2, 0.25) is 10.0 Å². The van der Waals surface area contributed by atoms with Gasteiger partial charge in [-0.2, -0.15) is 5.26 Å². The van der Waals surface area contributed by atoms with Crippen LogP contribution in [0, 0.1) is 23.2 Å². The quantitative estimate of drug-likeness (QED) is 0.0919. The number of nitrogens with zero attached hydrogens (tertiary/aromatic N) is 2. The number of nitriles is 1. The molecule has 2 aliphatic heterocycles. The van der Waals surface area contributed by atoms with Crippen molar-refractivity contribution >= 4 is 50.7 Å². The number of benzene rings is 4. The van der Waals surface area contributed by atoms with Gasteiger partial charge >= 0.3 is 12.7 Å². The van der Waals surface area contributed by atoms with E-state index in [0.29, 0.717) is 47.5 Å². The van der Waals surface area contributed by atoms with E-state index in [9.17, 15) is 35.9 Å². The van der Waals surface area contributed by atoms with Gasteiger partial charge in [0.05, 0.1) is 42.0 Å². The number of halogens is 9. The van der Waals surface area contributed by atoms with Crippen molar-refractivity contribution < 1.29 is 54.9 Å². The molecule has 70 heavy (non-hydrogen) atoms. The standard InChI is InChI=1S/C25H27ClF3NO3.C13H16F3NO2.C12H12BrClO.C2H3N/c26-20-6-4-19(5-7-20)24(12-2-13-24)23(31)16-30-14-1-3-18(15-30)17-32-21-8-10-22(11-9-21)33-25(27,28)29;14-13(15,16)19-12-5-3-11(4-6-12)18-9-10-2-1-7-17-8-10;13-8-11(15)12(6-1-7-12)9-2-4-10(14)5-3-9;1-2-3/h4-11,18H,1-3,12-17H2;3-6,10,17H,1-2,7-9H2;2-5H,1,6-8H2;1H3. The summed E-state index contributed by atoms with van der Waals surface area (Å²) >= 11 is 15.1. The minimum absolute atomic E-state index is 0.228. The van der Waals surface area contributed by atoms with E-state index in [1.807, 2.05) is 48.5 Å². The highest BCUT2D eigenvalue weighted by Gasteiger charge is 2.46. The Balaban J connectivity index is 0.000000208. The van der Waals surface area contributed by atoms with Gasteiger partial charge in [-0.15, -0.1) is 26.3 Å². The molecule has 2 aliphatic carbocycles. The fraction of sp³-hybridized carbons (Fsp3) is 0.481. The van der Waals surface area contributed by atoms with E-state index in [1.54, 1.807) is 6.07 Å². The van der Waals surface area contributed by atoms with Gasteiger partial charge in [0.25, 0.3) is 0 Å². The first-order chi connectivity index (χ1) is 33.4. The summed E-state index contributed by atoms with van der Waals surface area (Å²) in [5, 5.41) is 12.4. The smallest absolute Gasteiger partial charge is 0.493 e. The van der Waals surface area contributed by atoms with Crippen molar-refractivity contribution in [2.45, 2.75) is 94.7 Å². The molecule has 2 saturated heterocycles. The predicted molar refractivity (Wildman–Crippen MR) is 261 cm³/mol. The number of alkyl halides is 7. The zero-order valence-electron chi connectivity index (χ0n) is 38.9. The summed E-state index contributed by atoms with van der Waals surface area (Å²) in [5.74, 6) is 1.80. The minimum Gasteiger partial charge on any atom is -0.493 e. The van der Waals surface area contributed by atoms with Crippen LogP contribution < -0.4 is 24.3 Å². The molecule has 8 rings (SSSR count). The second-order valence-corrected chi connectivity index (χ2v) is 19.1. The molecule has 0 amide bonds. The molecule has 2 unspecified atom stereocenters. The molecule has 0 aromatic heterocycles. The van der Waals surface area contributed by atoms with Gasteiger partial charge in [-0.3, -0.25) is 14.5 Å². The summed E-state index contributed by atoms with van der Waals surface area (Å²) in [6, 6.07) is 27.9. The Hall–Kier alpha value is -4.53. The highest BCUT2D eigenvalue weighted by molar-refractivity contribution is 9.09. The molecule has 380 valence electrons. The molecule has 4 fully saturated rings. The number of Topliss-reactive ketones (excluding diaryl/α,β-unsaturated/α-hetero) is 2. The Bertz CT molecular complexity index is 2270. The number of hydrogen-bond acceptors (Lipinski definition) is 9. The van der Waals surface area contributed by atoms with Crippen molar-refractivity contribution in [3.63, 3.8) is 0 Å². The second kappa shape index (κ2) is 26.8. The van der Waals surface area contributed by atoms with E-state index in [-0.39, 0.29) is 34.4 Å². The largest absolute Gasteiger partial charge is 0.573 e. The first kappa shape index (κ1) is 56.4. The lowest BCUT2D eigenvalue weighted by Crippen LogP contribution is -2.49. The van der Waals surface area contributed by atoms with Crippen molar-refractivity contribution in [1.29, 1.82) is 5.26 Å². The molecule has 2 saturated carbocycles. The average Bonchev–Trinajstić information content (AvgIpc) is 3.29. The summed E-state index contributed by atoms with van der Waals surface area (Å²) in [4.78, 5) is 27.4. The second-order valence-electron chi connectivity index (χ2n) is 17.7. The predicted octanol–water partition coefficient (Wildman–Crippen LogP) is 13.2. The number of piperidine rings is 2. The maximum atomic E-state index is 13.3. The molecule has 18 heteroatoms. The summed E-state index contributed by atoms with van der Waals surface area (Å²) < 4.78 is 91.8. The van der Waals surface area contributed by atoms with Crippen LogP contribution in [-0.2, 0) is 20.4 Å². The van der Waals surface area contributed by atoms with Crippen LogP contribution >= 0.6 is 39.1 Å². The number of carbonyl (C=O) groups excluding carboxylic acids is 2.